The number of carbonyl (C=O) groups is 1. The van der Waals surface area contributed by atoms with Crippen molar-refractivity contribution in [1.82, 2.24) is 14.9 Å². The summed E-state index contributed by atoms with van der Waals surface area (Å²) in [6.45, 7) is 7.86. The highest BCUT2D eigenvalue weighted by Gasteiger charge is 2.40. The van der Waals surface area contributed by atoms with Gasteiger partial charge in [0.25, 0.3) is 0 Å². The number of anilines is 1. The normalized spacial score (nSPS) is 27.6. The van der Waals surface area contributed by atoms with Crippen LogP contribution in [0.2, 0.25) is 0 Å². The first-order chi connectivity index (χ1) is 11.6. The predicted octanol–water partition coefficient (Wildman–Crippen LogP) is 2.57. The number of likely N-dealkylation sites (tertiary alicyclic amines) is 1. The molecule has 0 spiro atoms. The predicted molar refractivity (Wildman–Crippen MR) is 93.9 cm³/mol. The number of fused-ring (bicyclic) bond motifs is 1. The lowest BCUT2D eigenvalue weighted by Gasteiger charge is -2.34. The Balaban J connectivity index is 1.36. The summed E-state index contributed by atoms with van der Waals surface area (Å²) >= 11 is 0. The van der Waals surface area contributed by atoms with Crippen LogP contribution in [0, 0.1) is 31.6 Å². The quantitative estimate of drug-likeness (QED) is 0.837. The Hall–Kier alpha value is -1.65. The second-order valence-electron chi connectivity index (χ2n) is 7.88. The Labute approximate surface area is 144 Å². The lowest BCUT2D eigenvalue weighted by Crippen LogP contribution is -2.42. The average Bonchev–Trinajstić information content (AvgIpc) is 3.18. The van der Waals surface area contributed by atoms with Gasteiger partial charge in [-0.25, -0.2) is 4.98 Å². The van der Waals surface area contributed by atoms with Crippen molar-refractivity contribution in [3.05, 3.63) is 17.6 Å². The van der Waals surface area contributed by atoms with Crippen LogP contribution in [-0.4, -0.2) is 47.0 Å². The average molecular weight is 328 g/mol. The number of aryl methyl sites for hydroxylation is 2. The van der Waals surface area contributed by atoms with Crippen LogP contribution < -0.4 is 4.90 Å². The van der Waals surface area contributed by atoms with Gasteiger partial charge >= 0.3 is 0 Å². The van der Waals surface area contributed by atoms with Gasteiger partial charge in [0.1, 0.15) is 5.82 Å². The monoisotopic (exact) mass is 328 g/mol. The van der Waals surface area contributed by atoms with E-state index in [-0.39, 0.29) is 5.92 Å². The van der Waals surface area contributed by atoms with Crippen molar-refractivity contribution in [3.63, 3.8) is 0 Å². The minimum atomic E-state index is 0.207. The third-order valence-corrected chi connectivity index (χ3v) is 6.23. The van der Waals surface area contributed by atoms with Crippen LogP contribution in [0.4, 0.5) is 5.82 Å². The summed E-state index contributed by atoms with van der Waals surface area (Å²) in [5.74, 6) is 3.20. The van der Waals surface area contributed by atoms with Gasteiger partial charge < -0.3 is 9.80 Å². The maximum Gasteiger partial charge on any atom is 0.225 e. The van der Waals surface area contributed by atoms with E-state index in [1.807, 2.05) is 20.0 Å². The number of aromatic nitrogens is 2. The Bertz CT molecular complexity index is 612. The number of amides is 1. The zero-order valence-corrected chi connectivity index (χ0v) is 14.9. The van der Waals surface area contributed by atoms with E-state index in [4.69, 9.17) is 0 Å². The van der Waals surface area contributed by atoms with Crippen molar-refractivity contribution >= 4 is 11.7 Å². The Morgan fingerprint density at radius 3 is 2.42 bits per heavy atom. The second kappa shape index (κ2) is 6.34. The summed E-state index contributed by atoms with van der Waals surface area (Å²) in [5, 5.41) is 0. The second-order valence-corrected chi connectivity index (χ2v) is 7.88. The summed E-state index contributed by atoms with van der Waals surface area (Å²) in [4.78, 5) is 26.4. The first kappa shape index (κ1) is 15.9. The topological polar surface area (TPSA) is 49.3 Å². The largest absolute Gasteiger partial charge is 0.355 e. The maximum atomic E-state index is 12.9. The fourth-order valence-corrected chi connectivity index (χ4v) is 4.84. The molecule has 3 aliphatic rings. The standard InChI is InChI=1S/C19H28N4O/c1-13-10-20-14(2)18(21-13)22-8-6-15(7-9-22)19(24)23-11-16-4-3-5-17(16)12-23/h10,15-17H,3-9,11-12H2,1-2H3. The zero-order valence-electron chi connectivity index (χ0n) is 14.9. The summed E-state index contributed by atoms with van der Waals surface area (Å²) in [5.41, 5.74) is 1.94. The van der Waals surface area contributed by atoms with Crippen LogP contribution in [0.1, 0.15) is 43.5 Å². The van der Waals surface area contributed by atoms with Gasteiger partial charge in [0.2, 0.25) is 5.91 Å². The lowest BCUT2D eigenvalue weighted by atomic mass is 9.95. The smallest absolute Gasteiger partial charge is 0.225 e. The molecule has 4 rings (SSSR count). The van der Waals surface area contributed by atoms with Crippen LogP contribution in [-0.2, 0) is 4.79 Å². The third-order valence-electron chi connectivity index (χ3n) is 6.23. The summed E-state index contributed by atoms with van der Waals surface area (Å²) in [6.07, 6.45) is 7.74. The third kappa shape index (κ3) is 2.89. The van der Waals surface area contributed by atoms with Gasteiger partial charge in [-0.3, -0.25) is 9.78 Å². The summed E-state index contributed by atoms with van der Waals surface area (Å²) in [7, 11) is 0. The Morgan fingerprint density at radius 1 is 1.08 bits per heavy atom. The molecule has 0 N–H and O–H groups in total. The molecule has 3 heterocycles. The van der Waals surface area contributed by atoms with E-state index in [9.17, 15) is 4.79 Å². The molecular weight excluding hydrogens is 300 g/mol. The van der Waals surface area contributed by atoms with Gasteiger partial charge in [-0.1, -0.05) is 6.42 Å². The van der Waals surface area contributed by atoms with Gasteiger partial charge in [0.15, 0.2) is 0 Å². The van der Waals surface area contributed by atoms with Crippen LogP contribution in [0.25, 0.3) is 0 Å². The molecule has 2 atom stereocenters. The number of rotatable bonds is 2. The van der Waals surface area contributed by atoms with Crippen molar-refractivity contribution in [3.8, 4) is 0 Å². The fourth-order valence-electron chi connectivity index (χ4n) is 4.84. The number of hydrogen-bond acceptors (Lipinski definition) is 4. The highest BCUT2D eigenvalue weighted by Crippen LogP contribution is 2.38. The summed E-state index contributed by atoms with van der Waals surface area (Å²) in [6, 6.07) is 0. The fraction of sp³-hybridized carbons (Fsp3) is 0.737. The Morgan fingerprint density at radius 2 is 1.75 bits per heavy atom. The van der Waals surface area contributed by atoms with E-state index in [0.717, 1.165) is 68.1 Å². The van der Waals surface area contributed by atoms with E-state index in [1.165, 1.54) is 19.3 Å². The summed E-state index contributed by atoms with van der Waals surface area (Å²) < 4.78 is 0. The minimum absolute atomic E-state index is 0.207. The van der Waals surface area contributed by atoms with E-state index in [2.05, 4.69) is 19.8 Å². The zero-order chi connectivity index (χ0) is 16.7. The van der Waals surface area contributed by atoms with E-state index in [0.29, 0.717) is 5.91 Å². The number of carbonyl (C=O) groups excluding carboxylic acids is 1. The van der Waals surface area contributed by atoms with E-state index >= 15 is 0 Å². The highest BCUT2D eigenvalue weighted by molar-refractivity contribution is 5.79. The molecule has 2 saturated heterocycles. The van der Waals surface area contributed by atoms with Crippen molar-refractivity contribution in [1.29, 1.82) is 0 Å². The van der Waals surface area contributed by atoms with Gasteiger partial charge in [-0.2, -0.15) is 0 Å². The van der Waals surface area contributed by atoms with Crippen molar-refractivity contribution in [2.24, 2.45) is 17.8 Å². The van der Waals surface area contributed by atoms with Crippen LogP contribution in [0.3, 0.4) is 0 Å². The highest BCUT2D eigenvalue weighted by atomic mass is 16.2. The van der Waals surface area contributed by atoms with Crippen molar-refractivity contribution in [2.45, 2.75) is 46.0 Å². The molecule has 130 valence electrons. The van der Waals surface area contributed by atoms with E-state index < -0.39 is 0 Å². The first-order valence-corrected chi connectivity index (χ1v) is 9.46. The molecule has 1 aliphatic carbocycles. The molecule has 1 aromatic rings. The number of piperidine rings is 1. The maximum absolute atomic E-state index is 12.9. The SMILES string of the molecule is Cc1cnc(C)c(N2CCC(C(=O)N3CC4CCCC4C3)CC2)n1. The van der Waals surface area contributed by atoms with E-state index in [1.54, 1.807) is 0 Å². The molecule has 24 heavy (non-hydrogen) atoms. The van der Waals surface area contributed by atoms with Gasteiger partial charge in [-0.15, -0.1) is 0 Å². The molecule has 0 bridgehead atoms. The van der Waals surface area contributed by atoms with Crippen molar-refractivity contribution < 1.29 is 4.79 Å². The van der Waals surface area contributed by atoms with Gasteiger partial charge in [0, 0.05) is 38.3 Å². The molecule has 0 radical (unpaired) electrons. The molecule has 2 unspecified atom stereocenters. The van der Waals surface area contributed by atoms with Gasteiger partial charge in [0.05, 0.1) is 11.4 Å². The molecule has 0 aromatic carbocycles. The minimum Gasteiger partial charge on any atom is -0.355 e. The van der Waals surface area contributed by atoms with Crippen LogP contribution in [0.5, 0.6) is 0 Å². The van der Waals surface area contributed by atoms with Crippen molar-refractivity contribution in [2.75, 3.05) is 31.1 Å². The molecule has 1 amide bonds. The molecule has 5 heteroatoms. The molecular formula is C19H28N4O. The van der Waals surface area contributed by atoms with Crippen LogP contribution in [0.15, 0.2) is 6.20 Å². The molecule has 1 aromatic heterocycles. The van der Waals surface area contributed by atoms with Gasteiger partial charge in [-0.05, 0) is 51.4 Å². The molecule has 3 fully saturated rings. The van der Waals surface area contributed by atoms with Crippen LogP contribution >= 0.6 is 0 Å². The number of hydrogen-bond donors (Lipinski definition) is 0. The first-order valence-electron chi connectivity index (χ1n) is 9.46. The molecule has 5 nitrogen and oxygen atoms in total. The Kier molecular flexibility index (Phi) is 4.19. The molecule has 1 saturated carbocycles. The lowest BCUT2D eigenvalue weighted by molar-refractivity contribution is -0.135. The molecule has 2 aliphatic heterocycles. The number of nitrogens with zero attached hydrogens (tertiary/aromatic N) is 4.